The molecule has 2 rings (SSSR count). The number of piperidine rings is 1. The van der Waals surface area contributed by atoms with E-state index in [1.54, 1.807) is 0 Å². The van der Waals surface area contributed by atoms with Crippen LogP contribution >= 0.6 is 0 Å². The van der Waals surface area contributed by atoms with E-state index in [9.17, 15) is 8.78 Å². The molecule has 15 heavy (non-hydrogen) atoms. The van der Waals surface area contributed by atoms with Gasteiger partial charge < -0.3 is 4.90 Å². The Morgan fingerprint density at radius 3 is 2.60 bits per heavy atom. The molecule has 0 bridgehead atoms. The van der Waals surface area contributed by atoms with Gasteiger partial charge in [-0.25, -0.2) is 8.78 Å². The van der Waals surface area contributed by atoms with Gasteiger partial charge in [-0.3, -0.25) is 4.98 Å². The zero-order valence-electron chi connectivity index (χ0n) is 8.71. The summed E-state index contributed by atoms with van der Waals surface area (Å²) in [4.78, 5) is 6.06. The van der Waals surface area contributed by atoms with Crippen LogP contribution < -0.4 is 0 Å². The van der Waals surface area contributed by atoms with Gasteiger partial charge in [0.2, 0.25) is 0 Å². The van der Waals surface area contributed by atoms with Crippen molar-refractivity contribution in [3.05, 3.63) is 29.6 Å². The van der Waals surface area contributed by atoms with E-state index in [2.05, 4.69) is 9.88 Å². The minimum atomic E-state index is -0.607. The normalized spacial score (nSPS) is 19.4. The van der Waals surface area contributed by atoms with Crippen LogP contribution in [0.15, 0.2) is 12.3 Å². The van der Waals surface area contributed by atoms with E-state index in [-0.39, 0.29) is 5.92 Å². The van der Waals surface area contributed by atoms with Crippen molar-refractivity contribution in [2.75, 3.05) is 20.1 Å². The molecule has 2 nitrogen and oxygen atoms in total. The first-order valence-electron chi connectivity index (χ1n) is 5.16. The van der Waals surface area contributed by atoms with Crippen LogP contribution in [-0.4, -0.2) is 30.0 Å². The van der Waals surface area contributed by atoms with E-state index in [1.165, 1.54) is 0 Å². The molecule has 0 aliphatic carbocycles. The van der Waals surface area contributed by atoms with Gasteiger partial charge in [0.15, 0.2) is 0 Å². The Labute approximate surface area is 87.9 Å². The summed E-state index contributed by atoms with van der Waals surface area (Å²) < 4.78 is 26.1. The highest BCUT2D eigenvalue weighted by molar-refractivity contribution is 5.14. The predicted octanol–water partition coefficient (Wildman–Crippen LogP) is 2.17. The molecule has 0 atom stereocenters. The molecule has 1 aliphatic rings. The maximum Gasteiger partial charge on any atom is 0.147 e. The highest BCUT2D eigenvalue weighted by Gasteiger charge is 2.22. The maximum atomic E-state index is 13.4. The van der Waals surface area contributed by atoms with Crippen molar-refractivity contribution in [1.29, 1.82) is 0 Å². The monoisotopic (exact) mass is 212 g/mol. The number of likely N-dealkylation sites (tertiary alicyclic amines) is 1. The fraction of sp³-hybridized carbons (Fsp3) is 0.545. The van der Waals surface area contributed by atoms with Crippen molar-refractivity contribution in [3.8, 4) is 0 Å². The second-order valence-electron chi connectivity index (χ2n) is 4.10. The fourth-order valence-electron chi connectivity index (χ4n) is 2.01. The first kappa shape index (κ1) is 10.5. The van der Waals surface area contributed by atoms with E-state index in [1.807, 2.05) is 7.05 Å². The molecular formula is C11H14F2N2. The summed E-state index contributed by atoms with van der Waals surface area (Å²) in [5.74, 6) is -0.976. The number of pyridine rings is 1. The number of nitrogens with zero attached hydrogens (tertiary/aromatic N) is 2. The lowest BCUT2D eigenvalue weighted by Gasteiger charge is -2.28. The van der Waals surface area contributed by atoms with Crippen LogP contribution in [0.1, 0.15) is 24.5 Å². The minimum Gasteiger partial charge on any atom is -0.306 e. The van der Waals surface area contributed by atoms with Crippen LogP contribution in [0.3, 0.4) is 0 Å². The van der Waals surface area contributed by atoms with Crippen molar-refractivity contribution in [1.82, 2.24) is 9.88 Å². The summed E-state index contributed by atoms with van der Waals surface area (Å²) in [6.07, 6.45) is 2.88. The van der Waals surface area contributed by atoms with Crippen LogP contribution in [0.2, 0.25) is 0 Å². The number of hydrogen-bond donors (Lipinski definition) is 0. The van der Waals surface area contributed by atoms with E-state index >= 15 is 0 Å². The highest BCUT2D eigenvalue weighted by atomic mass is 19.1. The fourth-order valence-corrected chi connectivity index (χ4v) is 2.01. The second kappa shape index (κ2) is 4.23. The molecule has 0 radical (unpaired) electrons. The van der Waals surface area contributed by atoms with Gasteiger partial charge in [0.25, 0.3) is 0 Å². The topological polar surface area (TPSA) is 16.1 Å². The lowest BCUT2D eigenvalue weighted by Crippen LogP contribution is -2.29. The molecule has 0 spiro atoms. The molecule has 0 unspecified atom stereocenters. The standard InChI is InChI=1S/C11H14F2N2/c1-15-4-2-8(3-5-15)11-10(13)6-9(12)7-14-11/h6-8H,2-5H2,1H3. The molecule has 0 amide bonds. The van der Waals surface area contributed by atoms with Crippen molar-refractivity contribution in [3.63, 3.8) is 0 Å². The zero-order valence-corrected chi connectivity index (χ0v) is 8.71. The number of halogens is 2. The van der Waals surface area contributed by atoms with Gasteiger partial charge in [0, 0.05) is 12.0 Å². The lowest BCUT2D eigenvalue weighted by atomic mass is 9.93. The minimum absolute atomic E-state index is 0.141. The van der Waals surface area contributed by atoms with Gasteiger partial charge in [0.1, 0.15) is 11.6 Å². The quantitative estimate of drug-likeness (QED) is 0.709. The molecular weight excluding hydrogens is 198 g/mol. The van der Waals surface area contributed by atoms with Crippen LogP contribution in [-0.2, 0) is 0 Å². The number of hydrogen-bond acceptors (Lipinski definition) is 2. The third-order valence-corrected chi connectivity index (χ3v) is 2.94. The smallest absolute Gasteiger partial charge is 0.147 e. The molecule has 0 aromatic carbocycles. The second-order valence-corrected chi connectivity index (χ2v) is 4.10. The first-order chi connectivity index (χ1) is 7.16. The van der Waals surface area contributed by atoms with E-state index in [0.717, 1.165) is 38.2 Å². The SMILES string of the molecule is CN1CCC(c2ncc(F)cc2F)CC1. The van der Waals surface area contributed by atoms with Gasteiger partial charge in [-0.05, 0) is 33.0 Å². The summed E-state index contributed by atoms with van der Waals surface area (Å²) >= 11 is 0. The summed E-state index contributed by atoms with van der Waals surface area (Å²) in [5.41, 5.74) is 0.421. The van der Waals surface area contributed by atoms with Crippen molar-refractivity contribution in [2.45, 2.75) is 18.8 Å². The maximum absolute atomic E-state index is 13.4. The summed E-state index contributed by atoms with van der Waals surface area (Å²) in [7, 11) is 2.05. The van der Waals surface area contributed by atoms with Gasteiger partial charge in [0.05, 0.1) is 11.9 Å². The van der Waals surface area contributed by atoms with Gasteiger partial charge in [-0.1, -0.05) is 0 Å². The first-order valence-corrected chi connectivity index (χ1v) is 5.16. The van der Waals surface area contributed by atoms with E-state index < -0.39 is 11.6 Å². The summed E-state index contributed by atoms with van der Waals surface area (Å²) in [5, 5.41) is 0. The summed E-state index contributed by atoms with van der Waals surface area (Å²) in [6.45, 7) is 1.90. The molecule has 0 N–H and O–H groups in total. The highest BCUT2D eigenvalue weighted by Crippen LogP contribution is 2.27. The van der Waals surface area contributed by atoms with Crippen molar-refractivity contribution >= 4 is 0 Å². The molecule has 1 aliphatic heterocycles. The molecule has 2 heterocycles. The Morgan fingerprint density at radius 2 is 2.00 bits per heavy atom. The average molecular weight is 212 g/mol. The van der Waals surface area contributed by atoms with Crippen molar-refractivity contribution in [2.24, 2.45) is 0 Å². The van der Waals surface area contributed by atoms with Crippen LogP contribution in [0, 0.1) is 11.6 Å². The van der Waals surface area contributed by atoms with Crippen molar-refractivity contribution < 1.29 is 8.78 Å². The summed E-state index contributed by atoms with van der Waals surface area (Å²) in [6, 6.07) is 0.917. The molecule has 1 aromatic rings. The Hall–Kier alpha value is -1.03. The zero-order chi connectivity index (χ0) is 10.8. The predicted molar refractivity (Wildman–Crippen MR) is 53.6 cm³/mol. The van der Waals surface area contributed by atoms with E-state index in [0.29, 0.717) is 5.69 Å². The molecule has 0 saturated carbocycles. The van der Waals surface area contributed by atoms with Gasteiger partial charge in [-0.15, -0.1) is 0 Å². The lowest BCUT2D eigenvalue weighted by molar-refractivity contribution is 0.250. The number of rotatable bonds is 1. The van der Waals surface area contributed by atoms with Gasteiger partial charge in [-0.2, -0.15) is 0 Å². The Balaban J connectivity index is 2.15. The third-order valence-electron chi connectivity index (χ3n) is 2.94. The number of aromatic nitrogens is 1. The Morgan fingerprint density at radius 1 is 1.33 bits per heavy atom. The van der Waals surface area contributed by atoms with Crippen LogP contribution in [0.4, 0.5) is 8.78 Å². The molecule has 82 valence electrons. The Kier molecular flexibility index (Phi) is 2.95. The van der Waals surface area contributed by atoms with E-state index in [4.69, 9.17) is 0 Å². The largest absolute Gasteiger partial charge is 0.306 e. The Bertz CT molecular complexity index is 346. The van der Waals surface area contributed by atoms with Gasteiger partial charge >= 0.3 is 0 Å². The molecule has 1 aromatic heterocycles. The average Bonchev–Trinajstić information content (AvgIpc) is 2.20. The third kappa shape index (κ3) is 2.31. The molecule has 1 saturated heterocycles. The van der Waals surface area contributed by atoms with Crippen LogP contribution in [0.25, 0.3) is 0 Å². The molecule has 4 heteroatoms. The van der Waals surface area contributed by atoms with Crippen LogP contribution in [0.5, 0.6) is 0 Å². The molecule has 1 fully saturated rings.